The van der Waals surface area contributed by atoms with Gasteiger partial charge in [-0.2, -0.15) is 0 Å². The Bertz CT molecular complexity index is 837. The van der Waals surface area contributed by atoms with Gasteiger partial charge in [-0.15, -0.1) is 0 Å². The van der Waals surface area contributed by atoms with Crippen LogP contribution >= 0.6 is 11.6 Å². The molecular weight excluding hydrogens is 437 g/mol. The van der Waals surface area contributed by atoms with Crippen LogP contribution in [0, 0.1) is 11.7 Å². The molecule has 2 atom stereocenters. The second kappa shape index (κ2) is 11.7. The van der Waals surface area contributed by atoms with Gasteiger partial charge in [-0.1, -0.05) is 17.7 Å². The molecule has 1 aromatic carbocycles. The molecular formula is C23H31ClFN3O4. The summed E-state index contributed by atoms with van der Waals surface area (Å²) in [5.74, 6) is -0.711. The Morgan fingerprint density at radius 2 is 2.03 bits per heavy atom. The van der Waals surface area contributed by atoms with Crippen molar-refractivity contribution in [2.45, 2.75) is 25.4 Å². The third-order valence-electron chi connectivity index (χ3n) is 6.20. The Morgan fingerprint density at radius 3 is 2.75 bits per heavy atom. The Balaban J connectivity index is 1.44. The number of aliphatic hydroxyl groups excluding tert-OH is 2. The third kappa shape index (κ3) is 6.75. The number of rotatable bonds is 7. The number of hydrogen-bond acceptors (Lipinski definition) is 5. The maximum absolute atomic E-state index is 13.3. The Hall–Kier alpha value is -2.00. The van der Waals surface area contributed by atoms with E-state index in [1.807, 2.05) is 0 Å². The zero-order valence-electron chi connectivity index (χ0n) is 18.1. The number of β-amino-alcohol motifs (C(OH)–C–C–N with tert-alkyl or cyclic N) is 1. The third-order valence-corrected chi connectivity index (χ3v) is 6.49. The van der Waals surface area contributed by atoms with Crippen molar-refractivity contribution >= 4 is 29.5 Å². The first-order valence-corrected chi connectivity index (χ1v) is 11.5. The minimum atomic E-state index is -0.507. The van der Waals surface area contributed by atoms with Crippen LogP contribution in [0.3, 0.4) is 0 Å². The smallest absolute Gasteiger partial charge is 0.246 e. The van der Waals surface area contributed by atoms with Crippen LogP contribution in [0.5, 0.6) is 0 Å². The number of piperidine rings is 1. The van der Waals surface area contributed by atoms with Gasteiger partial charge in [0, 0.05) is 57.7 Å². The van der Waals surface area contributed by atoms with Crippen LogP contribution in [0.2, 0.25) is 5.02 Å². The molecule has 0 saturated carbocycles. The molecule has 1 aromatic rings. The highest BCUT2D eigenvalue weighted by Gasteiger charge is 2.27. The van der Waals surface area contributed by atoms with Gasteiger partial charge in [0.15, 0.2) is 0 Å². The predicted molar refractivity (Wildman–Crippen MR) is 120 cm³/mol. The van der Waals surface area contributed by atoms with Gasteiger partial charge in [0.1, 0.15) is 5.82 Å². The molecule has 0 aromatic heterocycles. The highest BCUT2D eigenvalue weighted by atomic mass is 35.5. The first kappa shape index (κ1) is 24.6. The summed E-state index contributed by atoms with van der Waals surface area (Å²) >= 11 is 5.77. The Morgan fingerprint density at radius 1 is 1.22 bits per heavy atom. The number of amides is 2. The lowest BCUT2D eigenvalue weighted by Crippen LogP contribution is -2.46. The van der Waals surface area contributed by atoms with Crippen LogP contribution < -0.4 is 0 Å². The molecule has 3 rings (SSSR count). The van der Waals surface area contributed by atoms with Gasteiger partial charge in [0.05, 0.1) is 11.1 Å². The molecule has 2 aliphatic rings. The number of benzene rings is 1. The van der Waals surface area contributed by atoms with E-state index in [9.17, 15) is 24.2 Å². The zero-order chi connectivity index (χ0) is 23.1. The zero-order valence-corrected chi connectivity index (χ0v) is 18.9. The standard InChI is InChI=1S/C23H31ClFN3O4/c24-19-14-17(2-4-20(19)25)3-5-22(31)28-11-7-23(32)27(12-13-28)9-1-8-26-10-6-18(16-29)21(30)15-26/h2-5,14,18,21,29-30H,1,6-13,15-16H2/b5-3+/t18-,21-/m0/s1. The average Bonchev–Trinajstić information content (AvgIpc) is 2.96. The molecule has 2 heterocycles. The van der Waals surface area contributed by atoms with E-state index in [0.717, 1.165) is 25.9 Å². The number of nitrogens with zero attached hydrogens (tertiary/aromatic N) is 3. The van der Waals surface area contributed by atoms with Crippen LogP contribution in [0.25, 0.3) is 6.08 Å². The second-order valence-corrected chi connectivity index (χ2v) is 8.82. The molecule has 7 nitrogen and oxygen atoms in total. The maximum atomic E-state index is 13.3. The molecule has 0 bridgehead atoms. The summed E-state index contributed by atoms with van der Waals surface area (Å²) < 4.78 is 13.3. The molecule has 0 unspecified atom stereocenters. The summed E-state index contributed by atoms with van der Waals surface area (Å²) in [7, 11) is 0. The van der Waals surface area contributed by atoms with Crippen molar-refractivity contribution < 1.29 is 24.2 Å². The first-order valence-electron chi connectivity index (χ1n) is 11.1. The fourth-order valence-corrected chi connectivity index (χ4v) is 4.35. The van der Waals surface area contributed by atoms with E-state index >= 15 is 0 Å². The van der Waals surface area contributed by atoms with E-state index in [4.69, 9.17) is 11.6 Å². The van der Waals surface area contributed by atoms with E-state index < -0.39 is 11.9 Å². The molecule has 0 aliphatic carbocycles. The number of likely N-dealkylation sites (tertiary alicyclic amines) is 1. The molecule has 32 heavy (non-hydrogen) atoms. The van der Waals surface area contributed by atoms with Crippen molar-refractivity contribution in [2.75, 3.05) is 52.4 Å². The largest absolute Gasteiger partial charge is 0.396 e. The predicted octanol–water partition coefficient (Wildman–Crippen LogP) is 1.62. The minimum absolute atomic E-state index is 0.00267. The van der Waals surface area contributed by atoms with Crippen molar-refractivity contribution in [1.82, 2.24) is 14.7 Å². The second-order valence-electron chi connectivity index (χ2n) is 8.42. The van der Waals surface area contributed by atoms with Gasteiger partial charge >= 0.3 is 0 Å². The van der Waals surface area contributed by atoms with Gasteiger partial charge < -0.3 is 24.9 Å². The summed E-state index contributed by atoms with van der Waals surface area (Å²) in [5.41, 5.74) is 0.630. The van der Waals surface area contributed by atoms with Gasteiger partial charge in [0.25, 0.3) is 0 Å². The number of halogens is 2. The topological polar surface area (TPSA) is 84.3 Å². The van der Waals surface area contributed by atoms with Crippen LogP contribution in [-0.4, -0.2) is 95.3 Å². The lowest BCUT2D eigenvalue weighted by Gasteiger charge is -2.35. The molecule has 0 spiro atoms. The average molecular weight is 468 g/mol. The summed E-state index contributed by atoms with van der Waals surface area (Å²) in [5, 5.41) is 19.3. The monoisotopic (exact) mass is 467 g/mol. The number of aliphatic hydroxyl groups is 2. The van der Waals surface area contributed by atoms with Gasteiger partial charge in [-0.05, 0) is 49.7 Å². The normalized spacial score (nSPS) is 23.1. The fourth-order valence-electron chi connectivity index (χ4n) is 4.16. The van der Waals surface area contributed by atoms with E-state index in [-0.39, 0.29) is 35.8 Å². The summed E-state index contributed by atoms with van der Waals surface area (Å²) in [6.07, 6.45) is 4.35. The lowest BCUT2D eigenvalue weighted by atomic mass is 9.95. The van der Waals surface area contributed by atoms with Crippen LogP contribution in [0.4, 0.5) is 4.39 Å². The van der Waals surface area contributed by atoms with Gasteiger partial charge in [-0.25, -0.2) is 4.39 Å². The molecule has 0 radical (unpaired) electrons. The van der Waals surface area contributed by atoms with Crippen LogP contribution in [0.15, 0.2) is 24.3 Å². The van der Waals surface area contributed by atoms with E-state index in [0.29, 0.717) is 38.3 Å². The van der Waals surface area contributed by atoms with Crippen molar-refractivity contribution in [1.29, 1.82) is 0 Å². The highest BCUT2D eigenvalue weighted by molar-refractivity contribution is 6.30. The van der Waals surface area contributed by atoms with Crippen molar-refractivity contribution in [3.63, 3.8) is 0 Å². The molecule has 2 saturated heterocycles. The lowest BCUT2D eigenvalue weighted by molar-refractivity contribution is -0.130. The van der Waals surface area contributed by atoms with Crippen LogP contribution in [-0.2, 0) is 9.59 Å². The van der Waals surface area contributed by atoms with Crippen molar-refractivity contribution in [3.8, 4) is 0 Å². The molecule has 2 amide bonds. The van der Waals surface area contributed by atoms with Crippen molar-refractivity contribution in [2.24, 2.45) is 5.92 Å². The molecule has 2 N–H and O–H groups in total. The molecule has 2 aliphatic heterocycles. The fraction of sp³-hybridized carbons (Fsp3) is 0.565. The SMILES string of the molecule is O=C(/C=C/c1ccc(F)c(Cl)c1)N1CCC(=O)N(CCCN2CC[C@@H](CO)[C@@H](O)C2)CC1. The first-order chi connectivity index (χ1) is 15.4. The molecule has 2 fully saturated rings. The Kier molecular flexibility index (Phi) is 9.04. The number of carbonyl (C=O) groups excluding carboxylic acids is 2. The van der Waals surface area contributed by atoms with Gasteiger partial charge in [0.2, 0.25) is 11.8 Å². The van der Waals surface area contributed by atoms with Gasteiger partial charge in [-0.3, -0.25) is 9.59 Å². The summed E-state index contributed by atoms with van der Waals surface area (Å²) in [4.78, 5) is 30.6. The quantitative estimate of drug-likeness (QED) is 0.595. The van der Waals surface area contributed by atoms with E-state index in [2.05, 4.69) is 4.90 Å². The number of hydrogen-bond donors (Lipinski definition) is 2. The molecule has 176 valence electrons. The van der Waals surface area contributed by atoms with Crippen molar-refractivity contribution in [3.05, 3.63) is 40.7 Å². The number of carbonyl (C=O) groups is 2. The summed E-state index contributed by atoms with van der Waals surface area (Å²) in [6, 6.07) is 4.26. The Labute approximate surface area is 193 Å². The minimum Gasteiger partial charge on any atom is -0.396 e. The maximum Gasteiger partial charge on any atom is 0.246 e. The molecule has 9 heteroatoms. The van der Waals surface area contributed by atoms with E-state index in [1.165, 1.54) is 18.2 Å². The van der Waals surface area contributed by atoms with Crippen LogP contribution in [0.1, 0.15) is 24.8 Å². The van der Waals surface area contributed by atoms with E-state index in [1.54, 1.807) is 21.9 Å². The highest BCUT2D eigenvalue weighted by Crippen LogP contribution is 2.18. The summed E-state index contributed by atoms with van der Waals surface area (Å²) in [6.45, 7) is 4.10.